The third kappa shape index (κ3) is 4.92. The van der Waals surface area contributed by atoms with Crippen LogP contribution in [0.15, 0.2) is 0 Å². The highest BCUT2D eigenvalue weighted by Gasteiger charge is 2.47. The fourth-order valence-electron chi connectivity index (χ4n) is 8.26. The Hall–Kier alpha value is 0. The highest BCUT2D eigenvalue weighted by Crippen LogP contribution is 2.57. The molecule has 3 fully saturated rings. The highest BCUT2D eigenvalue weighted by atomic mass is 14.5. The highest BCUT2D eigenvalue weighted by molar-refractivity contribution is 4.98. The summed E-state index contributed by atoms with van der Waals surface area (Å²) in [6.45, 7) is 20.7. The van der Waals surface area contributed by atoms with Crippen molar-refractivity contribution in [1.29, 1.82) is 0 Å². The molecule has 3 rings (SSSR count). The molecule has 0 nitrogen and oxygen atoms in total. The molecule has 3 aliphatic carbocycles. The van der Waals surface area contributed by atoms with E-state index in [2.05, 4.69) is 55.4 Å². The van der Waals surface area contributed by atoms with Crippen LogP contribution in [0.4, 0.5) is 0 Å². The molecule has 3 saturated carbocycles. The monoisotopic (exact) mass is 402 g/mol. The summed E-state index contributed by atoms with van der Waals surface area (Å²) in [5.74, 6) is 5.62. The van der Waals surface area contributed by atoms with E-state index in [-0.39, 0.29) is 0 Å². The second-order valence-electron chi connectivity index (χ2n) is 13.6. The van der Waals surface area contributed by atoms with E-state index < -0.39 is 0 Å². The van der Waals surface area contributed by atoms with Crippen molar-refractivity contribution in [2.75, 3.05) is 0 Å². The summed E-state index contributed by atoms with van der Waals surface area (Å²) < 4.78 is 0. The minimum Gasteiger partial charge on any atom is -0.0622 e. The minimum absolute atomic E-state index is 0.530. The van der Waals surface area contributed by atoms with Crippen LogP contribution in [0.1, 0.15) is 132 Å². The molecule has 8 unspecified atom stereocenters. The Kier molecular flexibility index (Phi) is 7.23. The maximum absolute atomic E-state index is 2.68. The first-order valence-electron chi connectivity index (χ1n) is 13.5. The predicted octanol–water partition coefficient (Wildman–Crippen LogP) is 9.52. The van der Waals surface area contributed by atoms with Crippen LogP contribution in [0.2, 0.25) is 0 Å². The standard InChI is InChI=1S/C29H54/c1-21-12-9-13-25(22(21)2)15-19-28(7)17-10-14-26(23(28)3)20-29(8)18-11-16-27(5,6)24(29)4/h21-26H,9-20H2,1-8H3. The zero-order valence-electron chi connectivity index (χ0n) is 21.4. The molecular formula is C29H54. The maximum Gasteiger partial charge on any atom is -0.0292 e. The third-order valence-electron chi connectivity index (χ3n) is 11.6. The Bertz CT molecular complexity index is 532. The van der Waals surface area contributed by atoms with Crippen molar-refractivity contribution >= 4 is 0 Å². The molecule has 0 N–H and O–H groups in total. The topological polar surface area (TPSA) is 0 Å². The molecule has 0 aromatic rings. The van der Waals surface area contributed by atoms with Gasteiger partial charge in [0.1, 0.15) is 0 Å². The van der Waals surface area contributed by atoms with Gasteiger partial charge in [0.15, 0.2) is 0 Å². The molecular weight excluding hydrogens is 348 g/mol. The van der Waals surface area contributed by atoms with Crippen LogP contribution < -0.4 is 0 Å². The second kappa shape index (κ2) is 8.86. The lowest BCUT2D eigenvalue weighted by molar-refractivity contribution is -0.0360. The van der Waals surface area contributed by atoms with Gasteiger partial charge >= 0.3 is 0 Å². The van der Waals surface area contributed by atoms with Crippen molar-refractivity contribution < 1.29 is 0 Å². The van der Waals surface area contributed by atoms with E-state index in [1.54, 1.807) is 0 Å². The van der Waals surface area contributed by atoms with Gasteiger partial charge < -0.3 is 0 Å². The molecule has 0 bridgehead atoms. The minimum atomic E-state index is 0.530. The van der Waals surface area contributed by atoms with Gasteiger partial charge in [0.05, 0.1) is 0 Å². The van der Waals surface area contributed by atoms with E-state index >= 15 is 0 Å². The average molecular weight is 403 g/mol. The third-order valence-corrected chi connectivity index (χ3v) is 11.6. The molecule has 8 atom stereocenters. The molecule has 0 spiro atoms. The fraction of sp³-hybridized carbons (Fsp3) is 1.00. The second-order valence-corrected chi connectivity index (χ2v) is 13.6. The quantitative estimate of drug-likeness (QED) is 0.429. The van der Waals surface area contributed by atoms with Crippen molar-refractivity contribution in [3.8, 4) is 0 Å². The Morgan fingerprint density at radius 2 is 1.34 bits per heavy atom. The van der Waals surface area contributed by atoms with Gasteiger partial charge in [-0.15, -0.1) is 0 Å². The van der Waals surface area contributed by atoms with Crippen molar-refractivity contribution in [3.63, 3.8) is 0 Å². The van der Waals surface area contributed by atoms with E-state index in [0.717, 1.165) is 35.5 Å². The zero-order chi connectivity index (χ0) is 21.4. The van der Waals surface area contributed by atoms with Gasteiger partial charge in [-0.3, -0.25) is 0 Å². The Labute approximate surface area is 184 Å². The number of rotatable bonds is 5. The van der Waals surface area contributed by atoms with Gasteiger partial charge in [0.25, 0.3) is 0 Å². The van der Waals surface area contributed by atoms with Gasteiger partial charge in [-0.25, -0.2) is 0 Å². The van der Waals surface area contributed by atoms with Crippen molar-refractivity contribution in [3.05, 3.63) is 0 Å². The van der Waals surface area contributed by atoms with Crippen molar-refractivity contribution in [1.82, 2.24) is 0 Å². The van der Waals surface area contributed by atoms with Crippen LogP contribution in [0.25, 0.3) is 0 Å². The van der Waals surface area contributed by atoms with Crippen LogP contribution in [0.5, 0.6) is 0 Å². The largest absolute Gasteiger partial charge is 0.0622 e. The Morgan fingerprint density at radius 1 is 0.690 bits per heavy atom. The summed E-state index contributed by atoms with van der Waals surface area (Å²) in [4.78, 5) is 0. The normalized spacial score (nSPS) is 48.4. The van der Waals surface area contributed by atoms with E-state index in [1.165, 1.54) is 77.0 Å². The number of hydrogen-bond donors (Lipinski definition) is 0. The molecule has 3 aliphatic rings. The van der Waals surface area contributed by atoms with Gasteiger partial charge in [0.2, 0.25) is 0 Å². The van der Waals surface area contributed by atoms with Gasteiger partial charge in [-0.05, 0) is 90.3 Å². The summed E-state index contributed by atoms with van der Waals surface area (Å²) >= 11 is 0. The maximum atomic E-state index is 2.68. The Balaban J connectivity index is 1.63. The zero-order valence-corrected chi connectivity index (χ0v) is 21.4. The molecule has 0 amide bonds. The van der Waals surface area contributed by atoms with E-state index in [0.29, 0.717) is 16.2 Å². The summed E-state index contributed by atoms with van der Waals surface area (Å²) in [7, 11) is 0. The van der Waals surface area contributed by atoms with Crippen LogP contribution >= 0.6 is 0 Å². The smallest absolute Gasteiger partial charge is 0.0292 e. The first kappa shape index (κ1) is 23.7. The van der Waals surface area contributed by atoms with Gasteiger partial charge in [0, 0.05) is 0 Å². The van der Waals surface area contributed by atoms with Crippen molar-refractivity contribution in [2.45, 2.75) is 132 Å². The lowest BCUT2D eigenvalue weighted by Crippen LogP contribution is -2.44. The van der Waals surface area contributed by atoms with Crippen LogP contribution in [0, 0.1) is 51.8 Å². The van der Waals surface area contributed by atoms with Crippen LogP contribution in [0.3, 0.4) is 0 Å². The summed E-state index contributed by atoms with van der Waals surface area (Å²) in [5.41, 5.74) is 1.68. The Morgan fingerprint density at radius 3 is 2.07 bits per heavy atom. The molecule has 0 aromatic carbocycles. The SMILES string of the molecule is CC1CCCC(CCC2(C)CCCC(CC3(C)CCCC(C)(C)C3C)C2C)C1C. The molecule has 29 heavy (non-hydrogen) atoms. The van der Waals surface area contributed by atoms with E-state index in [9.17, 15) is 0 Å². The molecule has 170 valence electrons. The van der Waals surface area contributed by atoms with Crippen molar-refractivity contribution in [2.24, 2.45) is 51.8 Å². The molecule has 0 aliphatic heterocycles. The molecule has 0 aromatic heterocycles. The lowest BCUT2D eigenvalue weighted by Gasteiger charge is -2.54. The lowest BCUT2D eigenvalue weighted by atomic mass is 9.52. The summed E-state index contributed by atoms with van der Waals surface area (Å²) in [5, 5.41) is 0. The van der Waals surface area contributed by atoms with E-state index in [1.807, 2.05) is 0 Å². The predicted molar refractivity (Wildman–Crippen MR) is 129 cm³/mol. The average Bonchev–Trinajstić information content (AvgIpc) is 2.65. The van der Waals surface area contributed by atoms with Crippen LogP contribution in [-0.4, -0.2) is 0 Å². The first-order chi connectivity index (χ1) is 13.5. The summed E-state index contributed by atoms with van der Waals surface area (Å²) in [6.07, 6.45) is 17.8. The molecule has 0 radical (unpaired) electrons. The molecule has 0 saturated heterocycles. The van der Waals surface area contributed by atoms with Gasteiger partial charge in [-0.1, -0.05) is 93.9 Å². The van der Waals surface area contributed by atoms with Gasteiger partial charge in [-0.2, -0.15) is 0 Å². The number of hydrogen-bond acceptors (Lipinski definition) is 0. The molecule has 0 heterocycles. The van der Waals surface area contributed by atoms with E-state index in [4.69, 9.17) is 0 Å². The molecule has 0 heteroatoms. The fourth-order valence-corrected chi connectivity index (χ4v) is 8.26. The first-order valence-corrected chi connectivity index (χ1v) is 13.5. The summed E-state index contributed by atoms with van der Waals surface area (Å²) in [6, 6.07) is 0. The van der Waals surface area contributed by atoms with Crippen LogP contribution in [-0.2, 0) is 0 Å².